The third kappa shape index (κ3) is 8.69. The number of carbonyl (C=O) groups is 2. The average molecular weight is 522 g/mol. The van der Waals surface area contributed by atoms with E-state index in [4.69, 9.17) is 5.73 Å². The van der Waals surface area contributed by atoms with Crippen molar-refractivity contribution < 1.29 is 18.4 Å². The summed E-state index contributed by atoms with van der Waals surface area (Å²) in [5.41, 5.74) is 10.3. The van der Waals surface area contributed by atoms with Gasteiger partial charge in [0.05, 0.1) is 12.1 Å². The standard InChI is InChI=1S/C29H33F2N5O2/c1-19-9-20(2)11-26(10-19)34-28(38)33-16-21-5-7-22(8-6-21)17-36(18-37)27(32)35-29(3,4)15-23-12-24(30)14-25(31)13-23/h5-14,18H,15-17H2,1-4H3,(H2,32,35)(H2,33,34,38). The van der Waals surface area contributed by atoms with Gasteiger partial charge >= 0.3 is 6.03 Å². The number of amides is 3. The molecule has 0 unspecified atom stereocenters. The fourth-order valence-corrected chi connectivity index (χ4v) is 4.16. The Morgan fingerprint density at radius 3 is 2.11 bits per heavy atom. The average Bonchev–Trinajstić information content (AvgIpc) is 2.79. The fourth-order valence-electron chi connectivity index (χ4n) is 4.16. The van der Waals surface area contributed by atoms with Gasteiger partial charge in [-0.1, -0.05) is 30.3 Å². The Labute approximate surface area is 221 Å². The minimum absolute atomic E-state index is 0.00400. The number of guanidine groups is 1. The smallest absolute Gasteiger partial charge is 0.319 e. The predicted molar refractivity (Wildman–Crippen MR) is 146 cm³/mol. The van der Waals surface area contributed by atoms with Gasteiger partial charge in [0, 0.05) is 18.3 Å². The lowest BCUT2D eigenvalue weighted by molar-refractivity contribution is -0.115. The molecule has 0 spiro atoms. The number of aliphatic imine (C=N–C) groups is 1. The molecule has 0 saturated carbocycles. The van der Waals surface area contributed by atoms with Crippen LogP contribution in [0.2, 0.25) is 0 Å². The highest BCUT2D eigenvalue weighted by Gasteiger charge is 2.21. The van der Waals surface area contributed by atoms with Gasteiger partial charge in [-0.05, 0) is 86.2 Å². The lowest BCUT2D eigenvalue weighted by Gasteiger charge is -2.24. The highest BCUT2D eigenvalue weighted by atomic mass is 19.1. The summed E-state index contributed by atoms with van der Waals surface area (Å²) in [6, 6.07) is 16.2. The van der Waals surface area contributed by atoms with Crippen molar-refractivity contribution in [2.24, 2.45) is 10.7 Å². The van der Waals surface area contributed by atoms with Crippen molar-refractivity contribution in [1.29, 1.82) is 0 Å². The Morgan fingerprint density at radius 1 is 0.947 bits per heavy atom. The zero-order chi connectivity index (χ0) is 27.9. The largest absolute Gasteiger partial charge is 0.369 e. The maximum absolute atomic E-state index is 13.5. The van der Waals surface area contributed by atoms with Gasteiger partial charge in [-0.3, -0.25) is 9.69 Å². The van der Waals surface area contributed by atoms with Crippen LogP contribution in [0, 0.1) is 25.5 Å². The summed E-state index contributed by atoms with van der Waals surface area (Å²) in [7, 11) is 0. The second kappa shape index (κ2) is 12.3. The van der Waals surface area contributed by atoms with E-state index in [1.165, 1.54) is 17.0 Å². The topological polar surface area (TPSA) is 99.8 Å². The number of nitrogens with one attached hydrogen (secondary N) is 2. The molecule has 3 aromatic rings. The first-order valence-electron chi connectivity index (χ1n) is 12.2. The molecule has 0 aromatic heterocycles. The second-order valence-electron chi connectivity index (χ2n) is 9.97. The van der Waals surface area contributed by atoms with E-state index in [0.717, 1.165) is 34.0 Å². The van der Waals surface area contributed by atoms with E-state index < -0.39 is 17.2 Å². The molecule has 0 aliphatic carbocycles. The molecule has 7 nitrogen and oxygen atoms in total. The number of anilines is 1. The van der Waals surface area contributed by atoms with Crippen molar-refractivity contribution >= 4 is 24.1 Å². The van der Waals surface area contributed by atoms with E-state index >= 15 is 0 Å². The van der Waals surface area contributed by atoms with Crippen molar-refractivity contribution in [3.63, 3.8) is 0 Å². The molecule has 0 atom stereocenters. The van der Waals surface area contributed by atoms with Crippen LogP contribution in [0.15, 0.2) is 65.7 Å². The first-order chi connectivity index (χ1) is 17.9. The number of benzene rings is 3. The van der Waals surface area contributed by atoms with Crippen LogP contribution in [0.3, 0.4) is 0 Å². The molecule has 0 aliphatic heterocycles. The molecule has 4 N–H and O–H groups in total. The Hall–Kier alpha value is -4.27. The highest BCUT2D eigenvalue weighted by Crippen LogP contribution is 2.20. The summed E-state index contributed by atoms with van der Waals surface area (Å²) in [6.45, 7) is 7.99. The molecular formula is C29H33F2N5O2. The Bertz CT molecular complexity index is 1280. The first-order valence-corrected chi connectivity index (χ1v) is 12.2. The number of hydrogen-bond acceptors (Lipinski definition) is 3. The van der Waals surface area contributed by atoms with E-state index in [-0.39, 0.29) is 25.0 Å². The molecule has 3 aromatic carbocycles. The van der Waals surface area contributed by atoms with Crippen LogP contribution in [0.1, 0.15) is 41.7 Å². The maximum atomic E-state index is 13.5. The number of nitrogens with zero attached hydrogens (tertiary/aromatic N) is 2. The molecule has 0 heterocycles. The number of halogens is 2. The highest BCUT2D eigenvalue weighted by molar-refractivity contribution is 5.89. The van der Waals surface area contributed by atoms with Crippen LogP contribution in [0.5, 0.6) is 0 Å². The monoisotopic (exact) mass is 521 g/mol. The Kier molecular flexibility index (Phi) is 9.17. The van der Waals surface area contributed by atoms with E-state index in [2.05, 4.69) is 15.6 Å². The summed E-state index contributed by atoms with van der Waals surface area (Å²) in [4.78, 5) is 29.7. The second-order valence-corrected chi connectivity index (χ2v) is 9.97. The van der Waals surface area contributed by atoms with Gasteiger partial charge in [0.25, 0.3) is 0 Å². The molecule has 0 aliphatic rings. The van der Waals surface area contributed by atoms with E-state index in [0.29, 0.717) is 18.5 Å². The van der Waals surface area contributed by atoms with Gasteiger partial charge < -0.3 is 16.4 Å². The summed E-state index contributed by atoms with van der Waals surface area (Å²) in [5, 5.41) is 5.66. The van der Waals surface area contributed by atoms with Gasteiger partial charge in [-0.15, -0.1) is 0 Å². The number of rotatable bonds is 9. The van der Waals surface area contributed by atoms with Crippen molar-refractivity contribution in [3.8, 4) is 0 Å². The fraction of sp³-hybridized carbons (Fsp3) is 0.276. The molecule has 200 valence electrons. The minimum atomic E-state index is -0.807. The summed E-state index contributed by atoms with van der Waals surface area (Å²) in [5.74, 6) is -1.33. The molecule has 0 radical (unpaired) electrons. The summed E-state index contributed by atoms with van der Waals surface area (Å²) >= 11 is 0. The lowest BCUT2D eigenvalue weighted by Crippen LogP contribution is -2.39. The summed E-state index contributed by atoms with van der Waals surface area (Å²) in [6.07, 6.45) is 0.817. The van der Waals surface area contributed by atoms with Crippen molar-refractivity contribution in [3.05, 3.63) is 100 Å². The number of nitrogens with two attached hydrogens (primary N) is 1. The molecule has 0 saturated heterocycles. The zero-order valence-corrected chi connectivity index (χ0v) is 22.0. The first kappa shape index (κ1) is 28.3. The number of hydrogen-bond donors (Lipinski definition) is 3. The van der Waals surface area contributed by atoms with Crippen LogP contribution in [0.4, 0.5) is 19.3 Å². The third-order valence-corrected chi connectivity index (χ3v) is 5.71. The molecule has 38 heavy (non-hydrogen) atoms. The van der Waals surface area contributed by atoms with Crippen molar-refractivity contribution in [1.82, 2.24) is 10.2 Å². The van der Waals surface area contributed by atoms with Crippen molar-refractivity contribution in [2.45, 2.75) is 52.7 Å². The molecule has 9 heteroatoms. The maximum Gasteiger partial charge on any atom is 0.319 e. The number of urea groups is 1. The quantitative estimate of drug-likeness (QED) is 0.205. The van der Waals surface area contributed by atoms with Gasteiger partial charge in [0.1, 0.15) is 11.6 Å². The van der Waals surface area contributed by atoms with Crippen molar-refractivity contribution in [2.75, 3.05) is 5.32 Å². The molecule has 3 rings (SSSR count). The SMILES string of the molecule is Cc1cc(C)cc(NC(=O)NCc2ccc(CN(C=O)C(N)=NC(C)(C)Cc3cc(F)cc(F)c3)cc2)c1. The molecular weight excluding hydrogens is 488 g/mol. The van der Waals surface area contributed by atoms with E-state index in [1.54, 1.807) is 13.8 Å². The third-order valence-electron chi connectivity index (χ3n) is 5.71. The van der Waals surface area contributed by atoms with Gasteiger partial charge in [0.2, 0.25) is 6.41 Å². The molecule has 3 amide bonds. The van der Waals surface area contributed by atoms with Crippen LogP contribution in [-0.2, 0) is 24.3 Å². The molecule has 0 bridgehead atoms. The normalized spacial score (nSPS) is 11.7. The van der Waals surface area contributed by atoms with Crippen LogP contribution in [-0.4, -0.2) is 28.8 Å². The molecule has 0 fully saturated rings. The van der Waals surface area contributed by atoms with E-state index in [1.807, 2.05) is 56.3 Å². The minimum Gasteiger partial charge on any atom is -0.369 e. The Morgan fingerprint density at radius 2 is 1.53 bits per heavy atom. The Balaban J connectivity index is 1.57. The van der Waals surface area contributed by atoms with Gasteiger partial charge in [-0.2, -0.15) is 0 Å². The lowest BCUT2D eigenvalue weighted by atomic mass is 9.95. The predicted octanol–water partition coefficient (Wildman–Crippen LogP) is 5.20. The zero-order valence-electron chi connectivity index (χ0n) is 22.0. The number of carbonyl (C=O) groups excluding carboxylic acids is 2. The number of aryl methyl sites for hydroxylation is 2. The van der Waals surface area contributed by atoms with E-state index in [9.17, 15) is 18.4 Å². The summed E-state index contributed by atoms with van der Waals surface area (Å²) < 4.78 is 27.1. The van der Waals surface area contributed by atoms with Crippen LogP contribution < -0.4 is 16.4 Å². The van der Waals surface area contributed by atoms with Crippen LogP contribution >= 0.6 is 0 Å². The van der Waals surface area contributed by atoms with Crippen LogP contribution in [0.25, 0.3) is 0 Å². The van der Waals surface area contributed by atoms with Gasteiger partial charge in [0.15, 0.2) is 5.96 Å². The van der Waals surface area contributed by atoms with Gasteiger partial charge in [-0.25, -0.2) is 18.6 Å².